The number of hydrogen-bond donors (Lipinski definition) is 2. The van der Waals surface area contributed by atoms with E-state index in [-0.39, 0.29) is 30.7 Å². The molecule has 0 aliphatic carbocycles. The summed E-state index contributed by atoms with van der Waals surface area (Å²) in [5.41, 5.74) is 4.27. The molecule has 7 nitrogen and oxygen atoms in total. The number of carbonyl (C=O) groups is 2. The Morgan fingerprint density at radius 1 is 1.14 bits per heavy atom. The highest BCUT2D eigenvalue weighted by atomic mass is 19.4. The van der Waals surface area contributed by atoms with Crippen LogP contribution in [0.4, 0.5) is 13.2 Å². The van der Waals surface area contributed by atoms with Crippen molar-refractivity contribution in [3.8, 4) is 17.0 Å². The zero-order valence-electron chi connectivity index (χ0n) is 20.0. The molecule has 0 radical (unpaired) electrons. The Morgan fingerprint density at radius 3 is 2.33 bits per heavy atom. The van der Waals surface area contributed by atoms with Crippen LogP contribution in [-0.4, -0.2) is 39.7 Å². The monoisotopic (exact) mass is 501 g/mol. The van der Waals surface area contributed by atoms with Crippen molar-refractivity contribution in [2.75, 3.05) is 6.54 Å². The van der Waals surface area contributed by atoms with E-state index >= 15 is 0 Å². The Morgan fingerprint density at radius 2 is 1.78 bits per heavy atom. The van der Waals surface area contributed by atoms with E-state index in [0.29, 0.717) is 16.8 Å². The van der Waals surface area contributed by atoms with Crippen molar-refractivity contribution in [3.05, 3.63) is 77.5 Å². The first-order chi connectivity index (χ1) is 17.0. The molecular formula is C26H26F3N3O4. The number of nitrogens with one attached hydrogen (secondary N) is 1. The molecule has 3 rings (SSSR count). The number of carboxylic acid groups (broad SMARTS) is 1. The molecular weight excluding hydrogens is 475 g/mol. The van der Waals surface area contributed by atoms with Gasteiger partial charge in [-0.3, -0.25) is 14.3 Å². The lowest BCUT2D eigenvalue weighted by Gasteiger charge is -2.17. The molecule has 1 amide bonds. The van der Waals surface area contributed by atoms with Gasteiger partial charge in [0.2, 0.25) is 0 Å². The maximum Gasteiger partial charge on any atom is 0.573 e. The van der Waals surface area contributed by atoms with Crippen LogP contribution in [0.5, 0.6) is 5.75 Å². The number of ether oxygens (including phenoxy) is 1. The average Bonchev–Trinajstić information content (AvgIpc) is 3.28. The van der Waals surface area contributed by atoms with E-state index in [2.05, 4.69) is 10.1 Å². The van der Waals surface area contributed by atoms with Crippen LogP contribution in [0.1, 0.15) is 54.8 Å². The van der Waals surface area contributed by atoms with Crippen molar-refractivity contribution in [2.24, 2.45) is 0 Å². The Labute approximate surface area is 206 Å². The maximum atomic E-state index is 12.5. The summed E-state index contributed by atoms with van der Waals surface area (Å²) >= 11 is 0. The highest BCUT2D eigenvalue weighted by Gasteiger charge is 2.31. The number of carbonyl (C=O) groups excluding carboxylic acids is 1. The molecule has 1 aromatic heterocycles. The number of alkyl halides is 3. The van der Waals surface area contributed by atoms with Crippen LogP contribution >= 0.6 is 0 Å². The van der Waals surface area contributed by atoms with Crippen LogP contribution in [0.2, 0.25) is 0 Å². The quantitative estimate of drug-likeness (QED) is 0.393. The van der Waals surface area contributed by atoms with E-state index in [9.17, 15) is 22.8 Å². The van der Waals surface area contributed by atoms with Crippen LogP contribution in [0.15, 0.2) is 60.7 Å². The van der Waals surface area contributed by atoms with Gasteiger partial charge in [0.05, 0.1) is 23.9 Å². The number of nitrogens with zero attached hydrogens (tertiary/aromatic N) is 2. The van der Waals surface area contributed by atoms with Crippen LogP contribution in [0.25, 0.3) is 16.8 Å². The second kappa shape index (κ2) is 11.1. The molecule has 0 spiro atoms. The van der Waals surface area contributed by atoms with Gasteiger partial charge in [-0.2, -0.15) is 5.10 Å². The van der Waals surface area contributed by atoms with Crippen LogP contribution < -0.4 is 10.1 Å². The summed E-state index contributed by atoms with van der Waals surface area (Å²) in [5.74, 6) is -1.68. The molecule has 0 aliphatic heterocycles. The molecule has 0 fully saturated rings. The minimum atomic E-state index is -4.77. The molecule has 36 heavy (non-hydrogen) atoms. The fraction of sp³-hybridized carbons (Fsp3) is 0.269. The van der Waals surface area contributed by atoms with Crippen LogP contribution in [0.3, 0.4) is 0 Å². The van der Waals surface area contributed by atoms with Crippen molar-refractivity contribution in [1.29, 1.82) is 0 Å². The Hall–Kier alpha value is -4.08. The molecule has 190 valence electrons. The first-order valence-corrected chi connectivity index (χ1v) is 11.2. The van der Waals surface area contributed by atoms with E-state index in [0.717, 1.165) is 16.8 Å². The number of halogens is 3. The first kappa shape index (κ1) is 26.5. The Kier molecular flexibility index (Phi) is 8.18. The van der Waals surface area contributed by atoms with E-state index in [1.165, 1.54) is 12.1 Å². The third-order valence-corrected chi connectivity index (χ3v) is 5.60. The van der Waals surface area contributed by atoms with E-state index in [1.54, 1.807) is 41.1 Å². The fourth-order valence-corrected chi connectivity index (χ4v) is 3.51. The third-order valence-electron chi connectivity index (χ3n) is 5.60. The van der Waals surface area contributed by atoms with Gasteiger partial charge in [-0.05, 0) is 74.4 Å². The van der Waals surface area contributed by atoms with E-state index < -0.39 is 12.3 Å². The number of amides is 1. The van der Waals surface area contributed by atoms with Gasteiger partial charge in [-0.1, -0.05) is 18.2 Å². The standard InChI is InChI=1S/C26H26F3N3O4/c1-4-16(2)22-15-23(19-9-11-21(12-10-19)36-26(27,28)29)32(31-22)17(3)18-5-7-20(8-6-18)25(35)30-14-13-24(33)34/h4-12,15,17H,13-14H2,1-3H3,(H,30,35)(H,33,34)/b16-4+. The van der Waals surface area contributed by atoms with Crippen molar-refractivity contribution < 1.29 is 32.6 Å². The van der Waals surface area contributed by atoms with Crippen molar-refractivity contribution >= 4 is 17.4 Å². The molecule has 2 aromatic carbocycles. The Balaban J connectivity index is 1.89. The lowest BCUT2D eigenvalue weighted by atomic mass is 10.0. The molecule has 0 saturated heterocycles. The number of hydrogen-bond acceptors (Lipinski definition) is 4. The van der Waals surface area contributed by atoms with Crippen molar-refractivity contribution in [1.82, 2.24) is 15.1 Å². The molecule has 10 heteroatoms. The van der Waals surface area contributed by atoms with E-state index in [1.807, 2.05) is 32.9 Å². The van der Waals surface area contributed by atoms with Crippen LogP contribution in [-0.2, 0) is 4.79 Å². The predicted octanol–water partition coefficient (Wildman–Crippen LogP) is 5.69. The SMILES string of the molecule is C/C=C(\C)c1cc(-c2ccc(OC(F)(F)F)cc2)n(C(C)c2ccc(C(=O)NCCC(=O)O)cc2)n1. The zero-order chi connectivity index (χ0) is 26.5. The second-order valence-electron chi connectivity index (χ2n) is 8.10. The Bertz CT molecular complexity index is 1250. The summed E-state index contributed by atoms with van der Waals surface area (Å²) in [4.78, 5) is 22.9. The summed E-state index contributed by atoms with van der Waals surface area (Å²) in [5, 5.41) is 16.0. The van der Waals surface area contributed by atoms with E-state index in [4.69, 9.17) is 10.2 Å². The number of allylic oxidation sites excluding steroid dienone is 2. The molecule has 1 atom stereocenters. The molecule has 0 saturated carbocycles. The maximum absolute atomic E-state index is 12.5. The van der Waals surface area contributed by atoms with Gasteiger partial charge >= 0.3 is 12.3 Å². The molecule has 3 aromatic rings. The summed E-state index contributed by atoms with van der Waals surface area (Å²) < 4.78 is 43.4. The van der Waals surface area contributed by atoms with Crippen LogP contribution in [0, 0.1) is 0 Å². The van der Waals surface area contributed by atoms with Gasteiger partial charge in [0.15, 0.2) is 0 Å². The lowest BCUT2D eigenvalue weighted by Crippen LogP contribution is -2.26. The minimum absolute atomic E-state index is 0.0306. The summed E-state index contributed by atoms with van der Waals surface area (Å²) in [7, 11) is 0. The minimum Gasteiger partial charge on any atom is -0.481 e. The van der Waals surface area contributed by atoms with Gasteiger partial charge in [-0.25, -0.2) is 0 Å². The van der Waals surface area contributed by atoms with Gasteiger partial charge in [0, 0.05) is 17.7 Å². The fourth-order valence-electron chi connectivity index (χ4n) is 3.51. The molecule has 2 N–H and O–H groups in total. The topological polar surface area (TPSA) is 93.5 Å². The number of aromatic nitrogens is 2. The normalized spacial score (nSPS) is 12.8. The van der Waals surface area contributed by atoms with Crippen molar-refractivity contribution in [3.63, 3.8) is 0 Å². The van der Waals surface area contributed by atoms with Gasteiger partial charge < -0.3 is 15.2 Å². The number of rotatable bonds is 9. The molecule has 0 bridgehead atoms. The highest BCUT2D eigenvalue weighted by molar-refractivity contribution is 5.94. The van der Waals surface area contributed by atoms with Gasteiger partial charge in [0.25, 0.3) is 5.91 Å². The predicted molar refractivity (Wildman–Crippen MR) is 129 cm³/mol. The highest BCUT2D eigenvalue weighted by Crippen LogP contribution is 2.31. The molecule has 1 unspecified atom stereocenters. The third kappa shape index (κ3) is 6.74. The summed E-state index contributed by atoms with van der Waals surface area (Å²) in [6.45, 7) is 5.76. The summed E-state index contributed by atoms with van der Waals surface area (Å²) in [6, 6.07) is 14.1. The van der Waals surface area contributed by atoms with Gasteiger partial charge in [0.1, 0.15) is 5.75 Å². The second-order valence-corrected chi connectivity index (χ2v) is 8.10. The summed E-state index contributed by atoms with van der Waals surface area (Å²) in [6.07, 6.45) is -3.02. The molecule has 0 aliphatic rings. The smallest absolute Gasteiger partial charge is 0.481 e. The first-order valence-electron chi connectivity index (χ1n) is 11.2. The zero-order valence-corrected chi connectivity index (χ0v) is 20.0. The number of benzene rings is 2. The number of carboxylic acids is 1. The lowest BCUT2D eigenvalue weighted by molar-refractivity contribution is -0.274. The van der Waals surface area contributed by atoms with Crippen molar-refractivity contribution in [2.45, 2.75) is 39.6 Å². The van der Waals surface area contributed by atoms with Gasteiger partial charge in [-0.15, -0.1) is 13.2 Å². The largest absolute Gasteiger partial charge is 0.573 e. The average molecular weight is 502 g/mol. The molecule has 1 heterocycles. The number of aliphatic carboxylic acids is 1.